The molecule has 8 aromatic carbocycles. The highest BCUT2D eigenvalue weighted by molar-refractivity contribution is 7.25. The van der Waals surface area contributed by atoms with Crippen LogP contribution in [-0.4, -0.2) is 0 Å². The van der Waals surface area contributed by atoms with Crippen molar-refractivity contribution in [2.75, 3.05) is 4.90 Å². The van der Waals surface area contributed by atoms with Crippen LogP contribution in [0, 0.1) is 0 Å². The summed E-state index contributed by atoms with van der Waals surface area (Å²) in [5, 5.41) is 2.66. The molecule has 1 aliphatic carbocycles. The van der Waals surface area contributed by atoms with Crippen molar-refractivity contribution in [2.45, 2.75) is 45.4 Å². The monoisotopic (exact) mass is 751 g/mol. The fraction of sp³-hybridized carbons (Fsp3) is 0.127. The Hall–Kier alpha value is -6.22. The van der Waals surface area contributed by atoms with Gasteiger partial charge in [0.15, 0.2) is 0 Å². The number of fused-ring (bicyclic) bond motifs is 6. The smallest absolute Gasteiger partial charge is 0.0540 e. The maximum atomic E-state index is 2.43. The molecule has 1 heterocycles. The van der Waals surface area contributed by atoms with Crippen LogP contribution >= 0.6 is 11.3 Å². The lowest BCUT2D eigenvalue weighted by Gasteiger charge is -2.28. The predicted octanol–water partition coefficient (Wildman–Crippen LogP) is 16.1. The molecule has 0 fully saturated rings. The maximum Gasteiger partial charge on any atom is 0.0540 e. The molecular weight excluding hydrogens is 707 g/mol. The van der Waals surface area contributed by atoms with Gasteiger partial charge in [-0.3, -0.25) is 0 Å². The molecule has 0 saturated heterocycles. The maximum absolute atomic E-state index is 2.43. The third-order valence-electron chi connectivity index (χ3n) is 12.1. The first kappa shape index (κ1) is 35.2. The first-order valence-corrected chi connectivity index (χ1v) is 20.8. The molecule has 276 valence electrons. The lowest BCUT2D eigenvalue weighted by atomic mass is 9.81. The van der Waals surface area contributed by atoms with E-state index in [0.29, 0.717) is 0 Å². The first-order chi connectivity index (χ1) is 27.6. The van der Waals surface area contributed by atoms with E-state index in [-0.39, 0.29) is 10.8 Å². The largest absolute Gasteiger partial charge is 0.310 e. The minimum Gasteiger partial charge on any atom is -0.310 e. The molecule has 57 heavy (non-hydrogen) atoms. The Morgan fingerprint density at radius 2 is 1.02 bits per heavy atom. The zero-order valence-corrected chi connectivity index (χ0v) is 34.0. The van der Waals surface area contributed by atoms with Crippen LogP contribution in [0.4, 0.5) is 17.1 Å². The molecule has 0 N–H and O–H groups in total. The van der Waals surface area contributed by atoms with Gasteiger partial charge in [0.1, 0.15) is 0 Å². The van der Waals surface area contributed by atoms with Gasteiger partial charge in [-0.05, 0) is 116 Å². The predicted molar refractivity (Wildman–Crippen MR) is 247 cm³/mol. The summed E-state index contributed by atoms with van der Waals surface area (Å²) in [5.74, 6) is 0. The van der Waals surface area contributed by atoms with E-state index in [1.165, 1.54) is 81.4 Å². The molecule has 1 aliphatic rings. The Morgan fingerprint density at radius 1 is 0.421 bits per heavy atom. The first-order valence-electron chi connectivity index (χ1n) is 20.0. The van der Waals surface area contributed by atoms with Crippen LogP contribution in [0.15, 0.2) is 182 Å². The van der Waals surface area contributed by atoms with Crippen molar-refractivity contribution in [3.05, 3.63) is 199 Å². The van der Waals surface area contributed by atoms with E-state index in [1.54, 1.807) is 0 Å². The van der Waals surface area contributed by atoms with Crippen molar-refractivity contribution >= 4 is 48.6 Å². The summed E-state index contributed by atoms with van der Waals surface area (Å²) in [7, 11) is 0. The molecule has 10 rings (SSSR count). The molecule has 1 aromatic heterocycles. The molecule has 0 saturated carbocycles. The van der Waals surface area contributed by atoms with Gasteiger partial charge in [0.2, 0.25) is 0 Å². The number of anilines is 3. The van der Waals surface area contributed by atoms with Crippen LogP contribution in [0.3, 0.4) is 0 Å². The van der Waals surface area contributed by atoms with Crippen molar-refractivity contribution in [2.24, 2.45) is 0 Å². The minimum absolute atomic E-state index is 0.108. The SMILES string of the molecule is CC(C)(C)c1ccc(-c2ccc3c(c2)C(C)(C)c2ccc(-c4ccccc4N(c4ccccc4)c4ccc(-c5ccc6c(c5)sc5ccccc56)cc4)cc2-3)cc1. The second kappa shape index (κ2) is 13.5. The van der Waals surface area contributed by atoms with Crippen LogP contribution in [0.5, 0.6) is 0 Å². The molecule has 0 atom stereocenters. The lowest BCUT2D eigenvalue weighted by Crippen LogP contribution is -2.15. The van der Waals surface area contributed by atoms with E-state index in [0.717, 1.165) is 17.1 Å². The summed E-state index contributed by atoms with van der Waals surface area (Å²) in [6, 6.07) is 67.6. The molecule has 0 radical (unpaired) electrons. The van der Waals surface area contributed by atoms with E-state index in [9.17, 15) is 0 Å². The highest BCUT2D eigenvalue weighted by atomic mass is 32.1. The van der Waals surface area contributed by atoms with Gasteiger partial charge in [-0.1, -0.05) is 162 Å². The molecule has 0 amide bonds. The molecule has 0 unspecified atom stereocenters. The van der Waals surface area contributed by atoms with Gasteiger partial charge >= 0.3 is 0 Å². The Labute approximate surface area is 340 Å². The van der Waals surface area contributed by atoms with E-state index < -0.39 is 0 Å². The Kier molecular flexibility index (Phi) is 8.32. The van der Waals surface area contributed by atoms with Crippen LogP contribution in [0.2, 0.25) is 0 Å². The number of thiophene rings is 1. The standard InChI is InChI=1S/C55H45NS/c1-54(2,3)41-26-19-36(20-27-41)38-23-30-45-48-33-40(25-32-49(48)55(4,5)50(45)34-38)44-15-9-11-17-51(44)56(42-13-7-6-8-14-42)43-28-21-37(22-29-43)39-24-31-47-46-16-10-12-18-52(46)57-53(47)35-39/h6-35H,1-5H3. The molecule has 0 aliphatic heterocycles. The number of rotatable bonds is 6. The summed E-state index contributed by atoms with van der Waals surface area (Å²) in [4.78, 5) is 2.40. The average Bonchev–Trinajstić information content (AvgIpc) is 3.72. The summed E-state index contributed by atoms with van der Waals surface area (Å²) in [6.07, 6.45) is 0. The summed E-state index contributed by atoms with van der Waals surface area (Å²) >= 11 is 1.87. The van der Waals surface area contributed by atoms with E-state index >= 15 is 0 Å². The minimum atomic E-state index is -0.108. The quantitative estimate of drug-likeness (QED) is 0.164. The number of hydrogen-bond donors (Lipinski definition) is 0. The molecule has 1 nitrogen and oxygen atoms in total. The van der Waals surface area contributed by atoms with Crippen LogP contribution in [0.25, 0.3) is 64.7 Å². The van der Waals surface area contributed by atoms with E-state index in [4.69, 9.17) is 0 Å². The number of para-hydroxylation sites is 2. The Morgan fingerprint density at radius 3 is 1.79 bits per heavy atom. The van der Waals surface area contributed by atoms with Crippen molar-refractivity contribution in [3.8, 4) is 44.5 Å². The van der Waals surface area contributed by atoms with Crippen LogP contribution < -0.4 is 4.90 Å². The molecule has 9 aromatic rings. The van der Waals surface area contributed by atoms with Gasteiger partial charge in [0.25, 0.3) is 0 Å². The molecule has 2 heteroatoms. The number of nitrogens with zero attached hydrogens (tertiary/aromatic N) is 1. The lowest BCUT2D eigenvalue weighted by molar-refractivity contribution is 0.590. The summed E-state index contributed by atoms with van der Waals surface area (Å²) in [6.45, 7) is 11.6. The van der Waals surface area contributed by atoms with E-state index in [2.05, 4.69) is 222 Å². The fourth-order valence-electron chi connectivity index (χ4n) is 8.89. The van der Waals surface area contributed by atoms with Crippen molar-refractivity contribution in [1.29, 1.82) is 0 Å². The van der Waals surface area contributed by atoms with Gasteiger partial charge in [-0.2, -0.15) is 0 Å². The highest BCUT2D eigenvalue weighted by Gasteiger charge is 2.36. The Balaban J connectivity index is 1.02. The van der Waals surface area contributed by atoms with Crippen molar-refractivity contribution in [1.82, 2.24) is 0 Å². The molecule has 0 bridgehead atoms. The fourth-order valence-corrected chi connectivity index (χ4v) is 10.0. The Bertz CT molecular complexity index is 2940. The molecular formula is C55H45NS. The third-order valence-corrected chi connectivity index (χ3v) is 13.2. The average molecular weight is 752 g/mol. The molecule has 0 spiro atoms. The van der Waals surface area contributed by atoms with Gasteiger partial charge in [-0.25, -0.2) is 0 Å². The van der Waals surface area contributed by atoms with Crippen molar-refractivity contribution in [3.63, 3.8) is 0 Å². The second-order valence-corrected chi connectivity index (χ2v) is 18.1. The van der Waals surface area contributed by atoms with Crippen molar-refractivity contribution < 1.29 is 0 Å². The second-order valence-electron chi connectivity index (χ2n) is 17.0. The number of hydrogen-bond acceptors (Lipinski definition) is 2. The summed E-state index contributed by atoms with van der Waals surface area (Å²) in [5.41, 5.74) is 17.6. The van der Waals surface area contributed by atoms with Crippen LogP contribution in [-0.2, 0) is 10.8 Å². The van der Waals surface area contributed by atoms with Gasteiger partial charge in [0.05, 0.1) is 5.69 Å². The highest BCUT2D eigenvalue weighted by Crippen LogP contribution is 2.52. The van der Waals surface area contributed by atoms with Gasteiger partial charge < -0.3 is 4.90 Å². The zero-order chi connectivity index (χ0) is 38.9. The normalized spacial score (nSPS) is 13.1. The topological polar surface area (TPSA) is 3.24 Å². The van der Waals surface area contributed by atoms with Crippen LogP contribution in [0.1, 0.15) is 51.3 Å². The summed E-state index contributed by atoms with van der Waals surface area (Å²) < 4.78 is 2.66. The van der Waals surface area contributed by atoms with E-state index in [1.807, 2.05) is 11.3 Å². The number of benzene rings is 8. The van der Waals surface area contributed by atoms with Gasteiger partial charge in [-0.15, -0.1) is 11.3 Å². The third kappa shape index (κ3) is 6.07. The zero-order valence-electron chi connectivity index (χ0n) is 33.2. The van der Waals surface area contributed by atoms with Gasteiger partial charge in [0, 0.05) is 42.5 Å².